The highest BCUT2D eigenvalue weighted by atomic mass is 15.1. The fraction of sp³-hybridized carbons (Fsp3) is 0.214. The zero-order chi connectivity index (χ0) is 12.8. The maximum atomic E-state index is 8.76. The molecule has 0 aliphatic rings. The fourth-order valence-electron chi connectivity index (χ4n) is 1.65. The fourth-order valence-corrected chi connectivity index (χ4v) is 1.65. The largest absolute Gasteiger partial charge is 0.324 e. The van der Waals surface area contributed by atoms with Crippen molar-refractivity contribution >= 4 is 11.6 Å². The maximum absolute atomic E-state index is 8.76. The molecule has 1 heterocycles. The summed E-state index contributed by atoms with van der Waals surface area (Å²) in [6, 6.07) is 11.7. The van der Waals surface area contributed by atoms with Crippen molar-refractivity contribution in [1.82, 2.24) is 9.97 Å². The van der Waals surface area contributed by atoms with E-state index in [1.165, 1.54) is 5.56 Å². The molecule has 1 N–H and O–H groups in total. The van der Waals surface area contributed by atoms with Gasteiger partial charge in [-0.15, -0.1) is 0 Å². The molecule has 18 heavy (non-hydrogen) atoms. The van der Waals surface area contributed by atoms with Gasteiger partial charge in [-0.3, -0.25) is 0 Å². The molecule has 0 bridgehead atoms. The van der Waals surface area contributed by atoms with Crippen molar-refractivity contribution in [3.05, 3.63) is 47.8 Å². The molecule has 90 valence electrons. The van der Waals surface area contributed by atoms with Gasteiger partial charge >= 0.3 is 0 Å². The Morgan fingerprint density at radius 3 is 2.67 bits per heavy atom. The van der Waals surface area contributed by atoms with Crippen LogP contribution < -0.4 is 5.32 Å². The monoisotopic (exact) mass is 238 g/mol. The molecule has 0 aliphatic carbocycles. The van der Waals surface area contributed by atoms with E-state index in [1.54, 1.807) is 12.3 Å². The van der Waals surface area contributed by atoms with Gasteiger partial charge in [-0.2, -0.15) is 5.26 Å². The highest BCUT2D eigenvalue weighted by Crippen LogP contribution is 2.14. The third-order valence-corrected chi connectivity index (χ3v) is 2.52. The molecule has 1 aromatic heterocycles. The number of anilines is 2. The van der Waals surface area contributed by atoms with Crippen LogP contribution in [0.4, 0.5) is 11.6 Å². The first kappa shape index (κ1) is 12.1. The number of nitrogens with zero attached hydrogens (tertiary/aromatic N) is 3. The molecule has 2 aromatic rings. The number of hydrogen-bond acceptors (Lipinski definition) is 4. The first-order valence-corrected chi connectivity index (χ1v) is 5.91. The Labute approximate surface area is 106 Å². The molecule has 4 heteroatoms. The Morgan fingerprint density at radius 1 is 1.22 bits per heavy atom. The van der Waals surface area contributed by atoms with E-state index < -0.39 is 0 Å². The first-order chi connectivity index (χ1) is 8.81. The van der Waals surface area contributed by atoms with Crippen LogP contribution in [-0.4, -0.2) is 9.97 Å². The van der Waals surface area contributed by atoms with Crippen LogP contribution in [0.15, 0.2) is 36.5 Å². The van der Waals surface area contributed by atoms with Crippen molar-refractivity contribution in [2.75, 3.05) is 5.32 Å². The summed E-state index contributed by atoms with van der Waals surface area (Å²) in [6.45, 7) is 2.16. The van der Waals surface area contributed by atoms with E-state index >= 15 is 0 Å². The first-order valence-electron chi connectivity index (χ1n) is 5.91. The Kier molecular flexibility index (Phi) is 3.87. The van der Waals surface area contributed by atoms with Crippen molar-refractivity contribution in [3.63, 3.8) is 0 Å². The minimum absolute atomic E-state index is 0.357. The van der Waals surface area contributed by atoms with Crippen molar-refractivity contribution in [2.24, 2.45) is 0 Å². The van der Waals surface area contributed by atoms with Gasteiger partial charge in [0.25, 0.3) is 0 Å². The molecule has 0 amide bonds. The second-order valence-electron chi connectivity index (χ2n) is 3.95. The summed E-state index contributed by atoms with van der Waals surface area (Å²) < 4.78 is 0. The molecule has 0 saturated carbocycles. The number of nitriles is 1. The van der Waals surface area contributed by atoms with E-state index in [9.17, 15) is 0 Å². The predicted octanol–water partition coefficient (Wildman–Crippen LogP) is 3.04. The lowest BCUT2D eigenvalue weighted by atomic mass is 10.1. The summed E-state index contributed by atoms with van der Waals surface area (Å²) in [5.74, 6) is 0.442. The zero-order valence-corrected chi connectivity index (χ0v) is 10.2. The van der Waals surface area contributed by atoms with E-state index in [-0.39, 0.29) is 0 Å². The highest BCUT2D eigenvalue weighted by molar-refractivity contribution is 5.53. The van der Waals surface area contributed by atoms with Gasteiger partial charge in [0.05, 0.1) is 0 Å². The lowest BCUT2D eigenvalue weighted by Crippen LogP contribution is -1.98. The molecular weight excluding hydrogens is 224 g/mol. The van der Waals surface area contributed by atoms with Crippen LogP contribution in [0.2, 0.25) is 0 Å². The molecule has 0 aliphatic heterocycles. The van der Waals surface area contributed by atoms with Gasteiger partial charge in [0.1, 0.15) is 11.8 Å². The number of nitrogens with one attached hydrogen (secondary N) is 1. The Bertz CT molecular complexity index is 555. The highest BCUT2D eigenvalue weighted by Gasteiger charge is 1.99. The predicted molar refractivity (Wildman–Crippen MR) is 70.5 cm³/mol. The van der Waals surface area contributed by atoms with E-state index in [1.807, 2.05) is 18.2 Å². The Hall–Kier alpha value is -2.41. The lowest BCUT2D eigenvalue weighted by molar-refractivity contribution is 0.922. The summed E-state index contributed by atoms with van der Waals surface area (Å²) in [6.07, 6.45) is 3.79. The molecule has 0 radical (unpaired) electrons. The summed E-state index contributed by atoms with van der Waals surface area (Å²) in [5.41, 5.74) is 2.59. The van der Waals surface area contributed by atoms with Crippen molar-refractivity contribution in [3.8, 4) is 6.07 Å². The summed E-state index contributed by atoms with van der Waals surface area (Å²) in [5, 5.41) is 11.8. The van der Waals surface area contributed by atoms with Crippen LogP contribution in [0.5, 0.6) is 0 Å². The standard InChI is InChI=1S/C14H14N4/c1-2-3-11-4-6-12(7-5-11)17-14-16-9-8-13(10-15)18-14/h4-9H,2-3H2,1H3,(H,16,17,18). The molecule has 0 spiro atoms. The second kappa shape index (κ2) is 5.78. The Balaban J connectivity index is 2.11. The minimum atomic E-state index is 0.357. The van der Waals surface area contributed by atoms with Crippen LogP contribution in [0.1, 0.15) is 24.6 Å². The van der Waals surface area contributed by atoms with Gasteiger partial charge < -0.3 is 5.32 Å². The SMILES string of the molecule is CCCc1ccc(Nc2nccc(C#N)n2)cc1. The van der Waals surface area contributed by atoms with Crippen LogP contribution >= 0.6 is 0 Å². The van der Waals surface area contributed by atoms with E-state index in [2.05, 4.69) is 34.3 Å². The smallest absolute Gasteiger partial charge is 0.228 e. The van der Waals surface area contributed by atoms with E-state index in [0.717, 1.165) is 18.5 Å². The number of rotatable bonds is 4. The molecule has 2 rings (SSSR count). The summed E-state index contributed by atoms with van der Waals surface area (Å²) in [7, 11) is 0. The van der Waals surface area contributed by atoms with Gasteiger partial charge in [-0.1, -0.05) is 25.5 Å². The zero-order valence-electron chi connectivity index (χ0n) is 10.2. The average molecular weight is 238 g/mol. The summed E-state index contributed by atoms with van der Waals surface area (Å²) >= 11 is 0. The van der Waals surface area contributed by atoms with Crippen molar-refractivity contribution in [1.29, 1.82) is 5.26 Å². The van der Waals surface area contributed by atoms with E-state index in [0.29, 0.717) is 11.6 Å². The van der Waals surface area contributed by atoms with Gasteiger partial charge in [0, 0.05) is 11.9 Å². The molecule has 0 saturated heterocycles. The number of hydrogen-bond donors (Lipinski definition) is 1. The third-order valence-electron chi connectivity index (χ3n) is 2.52. The Morgan fingerprint density at radius 2 is 2.00 bits per heavy atom. The van der Waals surface area contributed by atoms with Crippen molar-refractivity contribution in [2.45, 2.75) is 19.8 Å². The quantitative estimate of drug-likeness (QED) is 0.889. The second-order valence-corrected chi connectivity index (χ2v) is 3.95. The molecular formula is C14H14N4. The van der Waals surface area contributed by atoms with Gasteiger partial charge in [0.15, 0.2) is 0 Å². The molecule has 0 unspecified atom stereocenters. The van der Waals surface area contributed by atoms with Crippen LogP contribution in [0, 0.1) is 11.3 Å². The van der Waals surface area contributed by atoms with Gasteiger partial charge in [-0.05, 0) is 30.2 Å². The average Bonchev–Trinajstić information content (AvgIpc) is 2.42. The normalized spacial score (nSPS) is 9.78. The topological polar surface area (TPSA) is 61.6 Å². The van der Waals surface area contributed by atoms with Gasteiger partial charge in [-0.25, -0.2) is 9.97 Å². The molecule has 0 atom stereocenters. The molecule has 1 aromatic carbocycles. The van der Waals surface area contributed by atoms with Crippen LogP contribution in [0.25, 0.3) is 0 Å². The van der Waals surface area contributed by atoms with Gasteiger partial charge in [0.2, 0.25) is 5.95 Å². The number of benzene rings is 1. The van der Waals surface area contributed by atoms with E-state index in [4.69, 9.17) is 5.26 Å². The number of aromatic nitrogens is 2. The van der Waals surface area contributed by atoms with Crippen molar-refractivity contribution < 1.29 is 0 Å². The summed E-state index contributed by atoms with van der Waals surface area (Å²) in [4.78, 5) is 8.13. The van der Waals surface area contributed by atoms with Crippen LogP contribution in [0.3, 0.4) is 0 Å². The molecule has 4 nitrogen and oxygen atoms in total. The maximum Gasteiger partial charge on any atom is 0.228 e. The number of aryl methyl sites for hydroxylation is 1. The van der Waals surface area contributed by atoms with Crippen LogP contribution in [-0.2, 0) is 6.42 Å². The molecule has 0 fully saturated rings. The lowest BCUT2D eigenvalue weighted by Gasteiger charge is -2.05. The minimum Gasteiger partial charge on any atom is -0.324 e. The third kappa shape index (κ3) is 3.05.